The Morgan fingerprint density at radius 2 is 2.04 bits per heavy atom. The van der Waals surface area contributed by atoms with Crippen LogP contribution in [0.5, 0.6) is 11.5 Å². The van der Waals surface area contributed by atoms with Gasteiger partial charge in [0, 0.05) is 5.56 Å². The molecule has 0 spiro atoms. The van der Waals surface area contributed by atoms with Gasteiger partial charge in [-0.15, -0.1) is 0 Å². The van der Waals surface area contributed by atoms with Gasteiger partial charge in [0.15, 0.2) is 17.2 Å². The molecular formula is C20H16ClNO4. The van der Waals surface area contributed by atoms with E-state index in [1.165, 1.54) is 7.11 Å². The van der Waals surface area contributed by atoms with E-state index in [0.29, 0.717) is 28.7 Å². The molecule has 0 aliphatic carbocycles. The lowest BCUT2D eigenvalue weighted by atomic mass is 10.1. The van der Waals surface area contributed by atoms with Gasteiger partial charge in [0.2, 0.25) is 5.90 Å². The van der Waals surface area contributed by atoms with Crippen molar-refractivity contribution in [3.63, 3.8) is 0 Å². The van der Waals surface area contributed by atoms with Crippen molar-refractivity contribution in [1.82, 2.24) is 0 Å². The Morgan fingerprint density at radius 3 is 2.73 bits per heavy atom. The first-order valence-corrected chi connectivity index (χ1v) is 8.19. The molecule has 2 aromatic rings. The monoisotopic (exact) mass is 369 g/mol. The number of carbonyl (C=O) groups excluding carboxylic acids is 1. The average molecular weight is 370 g/mol. The Morgan fingerprint density at radius 1 is 1.27 bits per heavy atom. The van der Waals surface area contributed by atoms with Gasteiger partial charge in [0.1, 0.15) is 6.61 Å². The highest BCUT2D eigenvalue weighted by Gasteiger charge is 2.24. The van der Waals surface area contributed by atoms with Crippen molar-refractivity contribution < 1.29 is 19.0 Å². The maximum absolute atomic E-state index is 12.1. The van der Waals surface area contributed by atoms with Crippen LogP contribution in [0.25, 0.3) is 6.08 Å². The van der Waals surface area contributed by atoms with Gasteiger partial charge >= 0.3 is 5.97 Å². The summed E-state index contributed by atoms with van der Waals surface area (Å²) in [6.07, 6.45) is 3.20. The SMILES string of the molecule is C=CCOc1c(Cl)cc(/C=C2\N=C(c3ccccc3)OC2=O)cc1OC. The first kappa shape index (κ1) is 17.8. The Bertz CT molecular complexity index is 904. The molecule has 0 bridgehead atoms. The van der Waals surface area contributed by atoms with E-state index in [2.05, 4.69) is 11.6 Å². The van der Waals surface area contributed by atoms with Crippen LogP contribution in [-0.4, -0.2) is 25.6 Å². The van der Waals surface area contributed by atoms with Crippen LogP contribution in [0.3, 0.4) is 0 Å². The second kappa shape index (κ2) is 7.89. The Labute approximate surface area is 156 Å². The molecular weight excluding hydrogens is 354 g/mol. The number of esters is 1. The zero-order valence-corrected chi connectivity index (χ0v) is 14.8. The topological polar surface area (TPSA) is 57.1 Å². The third-order valence-corrected chi connectivity index (χ3v) is 3.82. The van der Waals surface area contributed by atoms with Crippen molar-refractivity contribution in [2.24, 2.45) is 4.99 Å². The van der Waals surface area contributed by atoms with Crippen LogP contribution >= 0.6 is 11.6 Å². The summed E-state index contributed by atoms with van der Waals surface area (Å²) in [6.45, 7) is 3.90. The van der Waals surface area contributed by atoms with Crippen molar-refractivity contribution in [1.29, 1.82) is 0 Å². The van der Waals surface area contributed by atoms with E-state index in [1.54, 1.807) is 24.3 Å². The summed E-state index contributed by atoms with van der Waals surface area (Å²) in [5.41, 5.74) is 1.55. The summed E-state index contributed by atoms with van der Waals surface area (Å²) in [5.74, 6) is 0.611. The molecule has 0 aromatic heterocycles. The van der Waals surface area contributed by atoms with Crippen molar-refractivity contribution in [3.05, 3.63) is 77.0 Å². The van der Waals surface area contributed by atoms with Crippen LogP contribution in [0.15, 0.2) is 65.8 Å². The zero-order chi connectivity index (χ0) is 18.5. The summed E-state index contributed by atoms with van der Waals surface area (Å²) in [7, 11) is 1.51. The van der Waals surface area contributed by atoms with Crippen LogP contribution in [-0.2, 0) is 9.53 Å². The standard InChI is InChI=1S/C20H16ClNO4/c1-3-9-25-18-15(21)10-13(12-17(18)24-2)11-16-20(23)26-19(22-16)14-7-5-4-6-8-14/h3-8,10-12H,1,9H2,2H3/b16-11-. The molecule has 0 amide bonds. The molecule has 6 heteroatoms. The van der Waals surface area contributed by atoms with E-state index >= 15 is 0 Å². The van der Waals surface area contributed by atoms with Crippen LogP contribution in [0.4, 0.5) is 0 Å². The second-order valence-electron chi connectivity index (χ2n) is 5.34. The summed E-state index contributed by atoms with van der Waals surface area (Å²) in [6, 6.07) is 12.6. The second-order valence-corrected chi connectivity index (χ2v) is 5.74. The van der Waals surface area contributed by atoms with Gasteiger partial charge in [0.25, 0.3) is 0 Å². The highest BCUT2D eigenvalue weighted by atomic mass is 35.5. The Hall–Kier alpha value is -3.05. The maximum Gasteiger partial charge on any atom is 0.363 e. The number of rotatable bonds is 6. The first-order chi connectivity index (χ1) is 12.6. The van der Waals surface area contributed by atoms with Gasteiger partial charge in [-0.3, -0.25) is 0 Å². The van der Waals surface area contributed by atoms with Crippen LogP contribution in [0.2, 0.25) is 5.02 Å². The molecule has 0 radical (unpaired) electrons. The molecule has 1 aliphatic rings. The van der Waals surface area contributed by atoms with Crippen LogP contribution in [0.1, 0.15) is 11.1 Å². The minimum atomic E-state index is -0.522. The lowest BCUT2D eigenvalue weighted by Gasteiger charge is -2.12. The van der Waals surface area contributed by atoms with Crippen LogP contribution in [0, 0.1) is 0 Å². The van der Waals surface area contributed by atoms with E-state index in [9.17, 15) is 4.79 Å². The smallest absolute Gasteiger partial charge is 0.363 e. The molecule has 0 N–H and O–H groups in total. The number of nitrogens with zero attached hydrogens (tertiary/aromatic N) is 1. The summed E-state index contributed by atoms with van der Waals surface area (Å²) in [5, 5.41) is 0.358. The third kappa shape index (κ3) is 3.78. The summed E-state index contributed by atoms with van der Waals surface area (Å²) >= 11 is 6.27. The first-order valence-electron chi connectivity index (χ1n) is 7.81. The van der Waals surface area contributed by atoms with Crippen molar-refractivity contribution in [2.75, 3.05) is 13.7 Å². The van der Waals surface area contributed by atoms with E-state index in [4.69, 9.17) is 25.8 Å². The largest absolute Gasteiger partial charge is 0.493 e. The molecule has 5 nitrogen and oxygen atoms in total. The van der Waals surface area contributed by atoms with Crippen molar-refractivity contribution >= 4 is 29.5 Å². The highest BCUT2D eigenvalue weighted by molar-refractivity contribution is 6.32. The molecule has 2 aromatic carbocycles. The molecule has 0 atom stereocenters. The van der Waals surface area contributed by atoms with E-state index < -0.39 is 5.97 Å². The third-order valence-electron chi connectivity index (χ3n) is 3.54. The zero-order valence-electron chi connectivity index (χ0n) is 14.1. The Kier molecular flexibility index (Phi) is 5.39. The predicted octanol–water partition coefficient (Wildman–Crippen LogP) is 4.26. The lowest BCUT2D eigenvalue weighted by Crippen LogP contribution is -2.05. The van der Waals surface area contributed by atoms with E-state index in [0.717, 1.165) is 5.56 Å². The fourth-order valence-electron chi connectivity index (χ4n) is 2.38. The molecule has 3 rings (SSSR count). The van der Waals surface area contributed by atoms with E-state index in [1.807, 2.05) is 30.3 Å². The predicted molar refractivity (Wildman–Crippen MR) is 101 cm³/mol. The minimum Gasteiger partial charge on any atom is -0.493 e. The minimum absolute atomic E-state index is 0.182. The molecule has 0 saturated carbocycles. The number of halogens is 1. The van der Waals surface area contributed by atoms with Gasteiger partial charge in [0.05, 0.1) is 12.1 Å². The molecule has 0 fully saturated rings. The molecule has 1 aliphatic heterocycles. The molecule has 0 saturated heterocycles. The van der Waals surface area contributed by atoms with Crippen LogP contribution < -0.4 is 9.47 Å². The molecule has 132 valence electrons. The van der Waals surface area contributed by atoms with Crippen molar-refractivity contribution in [2.45, 2.75) is 0 Å². The molecule has 0 unspecified atom stereocenters. The van der Waals surface area contributed by atoms with E-state index in [-0.39, 0.29) is 11.6 Å². The Balaban J connectivity index is 1.94. The maximum atomic E-state index is 12.1. The molecule has 26 heavy (non-hydrogen) atoms. The van der Waals surface area contributed by atoms with Gasteiger partial charge in [-0.25, -0.2) is 9.79 Å². The lowest BCUT2D eigenvalue weighted by molar-refractivity contribution is -0.129. The van der Waals surface area contributed by atoms with Crippen molar-refractivity contribution in [3.8, 4) is 11.5 Å². The van der Waals surface area contributed by atoms with Gasteiger partial charge in [-0.05, 0) is 35.9 Å². The number of aliphatic imine (C=N–C) groups is 1. The number of hydrogen-bond acceptors (Lipinski definition) is 5. The number of methoxy groups -OCH3 is 1. The number of ether oxygens (including phenoxy) is 3. The number of hydrogen-bond donors (Lipinski definition) is 0. The van der Waals surface area contributed by atoms with Gasteiger partial charge < -0.3 is 14.2 Å². The summed E-state index contributed by atoms with van der Waals surface area (Å²) < 4.78 is 16.1. The normalized spacial score (nSPS) is 14.8. The number of cyclic esters (lactones) is 1. The fourth-order valence-corrected chi connectivity index (χ4v) is 2.65. The van der Waals surface area contributed by atoms with Gasteiger partial charge in [-0.1, -0.05) is 42.5 Å². The average Bonchev–Trinajstić information content (AvgIpc) is 3.02. The quantitative estimate of drug-likeness (QED) is 0.433. The number of carbonyl (C=O) groups is 1. The summed E-state index contributed by atoms with van der Waals surface area (Å²) in [4.78, 5) is 16.4. The van der Waals surface area contributed by atoms with Gasteiger partial charge in [-0.2, -0.15) is 0 Å². The highest BCUT2D eigenvalue weighted by Crippen LogP contribution is 2.37. The fraction of sp³-hybridized carbons (Fsp3) is 0.100. The number of benzene rings is 2. The molecule has 1 heterocycles.